The molecule has 0 spiro atoms. The summed E-state index contributed by atoms with van der Waals surface area (Å²) in [5.74, 6) is -1.17. The number of carboxylic acid groups (broad SMARTS) is 2. The molecule has 2 aliphatic rings. The number of piperidine rings is 1. The summed E-state index contributed by atoms with van der Waals surface area (Å²) in [5, 5.41) is 14.8. The number of rotatable bonds is 8. The van der Waals surface area contributed by atoms with Gasteiger partial charge in [-0.2, -0.15) is 0 Å². The Morgan fingerprint density at radius 2 is 1.90 bits per heavy atom. The lowest BCUT2D eigenvalue weighted by atomic mass is 9.99. The van der Waals surface area contributed by atoms with Crippen LogP contribution in [0, 0.1) is 0 Å². The summed E-state index contributed by atoms with van der Waals surface area (Å²) in [6.45, 7) is 5.87. The number of nitrogens with zero attached hydrogens (tertiary/aromatic N) is 1. The highest BCUT2D eigenvalue weighted by molar-refractivity contribution is 6.27. The van der Waals surface area contributed by atoms with Gasteiger partial charge in [0, 0.05) is 12.1 Å². The molecule has 8 heteroatoms. The maximum Gasteiger partial charge on any atom is 0.414 e. The Hall–Kier alpha value is -2.48. The van der Waals surface area contributed by atoms with Crippen molar-refractivity contribution in [3.63, 3.8) is 0 Å². The maximum absolute atomic E-state index is 9.10. The molecular formula is C21H31NO7. The van der Waals surface area contributed by atoms with Crippen molar-refractivity contribution in [2.75, 3.05) is 26.5 Å². The number of fused-ring (bicyclic) bond motifs is 1. The van der Waals surface area contributed by atoms with E-state index in [0.717, 1.165) is 30.3 Å². The summed E-state index contributed by atoms with van der Waals surface area (Å²) < 4.78 is 16.7. The average molecular weight is 409 g/mol. The molecule has 2 heterocycles. The van der Waals surface area contributed by atoms with Crippen molar-refractivity contribution >= 4 is 11.9 Å². The number of hydrogen-bond acceptors (Lipinski definition) is 6. The van der Waals surface area contributed by atoms with Crippen LogP contribution in [0.4, 0.5) is 0 Å². The van der Waals surface area contributed by atoms with Crippen molar-refractivity contribution in [1.82, 2.24) is 4.90 Å². The first-order chi connectivity index (χ1) is 14.0. The zero-order valence-corrected chi connectivity index (χ0v) is 17.0. The molecule has 0 aromatic heterocycles. The Kier molecular flexibility index (Phi) is 9.56. The van der Waals surface area contributed by atoms with E-state index in [1.807, 2.05) is 18.2 Å². The van der Waals surface area contributed by atoms with E-state index >= 15 is 0 Å². The van der Waals surface area contributed by atoms with Crippen LogP contribution in [0.1, 0.15) is 51.9 Å². The third kappa shape index (κ3) is 7.81. The van der Waals surface area contributed by atoms with Crippen LogP contribution >= 0.6 is 0 Å². The number of carboxylic acids is 2. The second kappa shape index (κ2) is 12.2. The molecule has 2 aliphatic heterocycles. The topological polar surface area (TPSA) is 106 Å². The van der Waals surface area contributed by atoms with E-state index in [2.05, 4.69) is 11.8 Å². The highest BCUT2D eigenvalue weighted by Crippen LogP contribution is 2.35. The molecule has 1 fully saturated rings. The third-order valence-corrected chi connectivity index (χ3v) is 5.04. The summed E-state index contributed by atoms with van der Waals surface area (Å²) in [6.07, 6.45) is 9.11. The molecule has 1 atom stereocenters. The molecule has 162 valence electrons. The van der Waals surface area contributed by atoms with Crippen molar-refractivity contribution in [2.45, 2.75) is 57.9 Å². The van der Waals surface area contributed by atoms with Gasteiger partial charge in [-0.05, 0) is 50.9 Å². The highest BCUT2D eigenvalue weighted by atomic mass is 16.7. The van der Waals surface area contributed by atoms with Gasteiger partial charge in [0.05, 0.1) is 6.61 Å². The van der Waals surface area contributed by atoms with Gasteiger partial charge in [0.25, 0.3) is 0 Å². The normalized spacial score (nSPS) is 17.9. The molecular weight excluding hydrogens is 378 g/mol. The molecule has 1 unspecified atom stereocenters. The predicted octanol–water partition coefficient (Wildman–Crippen LogP) is 3.38. The van der Waals surface area contributed by atoms with Gasteiger partial charge in [-0.25, -0.2) is 9.59 Å². The minimum absolute atomic E-state index is 0.313. The Balaban J connectivity index is 0.000000438. The molecule has 0 bridgehead atoms. The monoisotopic (exact) mass is 409 g/mol. The van der Waals surface area contributed by atoms with Crippen molar-refractivity contribution in [1.29, 1.82) is 0 Å². The van der Waals surface area contributed by atoms with E-state index in [4.69, 9.17) is 34.0 Å². The Bertz CT molecular complexity index is 652. The summed E-state index contributed by atoms with van der Waals surface area (Å²) in [7, 11) is 0. The number of ether oxygens (including phenoxy) is 3. The van der Waals surface area contributed by atoms with E-state index in [9.17, 15) is 0 Å². The molecule has 0 radical (unpaired) electrons. The van der Waals surface area contributed by atoms with E-state index in [1.54, 1.807) is 0 Å². The second-order valence-electron chi connectivity index (χ2n) is 7.16. The largest absolute Gasteiger partial charge is 0.493 e. The molecule has 1 aromatic carbocycles. The second-order valence-corrected chi connectivity index (χ2v) is 7.16. The van der Waals surface area contributed by atoms with Gasteiger partial charge in [0.1, 0.15) is 5.75 Å². The van der Waals surface area contributed by atoms with Crippen LogP contribution in [-0.4, -0.2) is 59.6 Å². The molecule has 1 saturated heterocycles. The average Bonchev–Trinajstić information content (AvgIpc) is 3.17. The Morgan fingerprint density at radius 1 is 1.14 bits per heavy atom. The summed E-state index contributed by atoms with van der Waals surface area (Å²) in [5.41, 5.74) is 0. The smallest absolute Gasteiger partial charge is 0.414 e. The lowest BCUT2D eigenvalue weighted by molar-refractivity contribution is -0.159. The molecule has 3 rings (SSSR count). The number of carbonyl (C=O) groups is 2. The SMILES string of the molecule is CCCCCN1CCCCC1CCOc1ccc2c(c1)OCO2.O=C(O)C(=O)O. The number of hydrogen-bond donors (Lipinski definition) is 2. The van der Waals surface area contributed by atoms with Gasteiger partial charge in [-0.15, -0.1) is 0 Å². The lowest BCUT2D eigenvalue weighted by Gasteiger charge is -2.35. The molecule has 29 heavy (non-hydrogen) atoms. The van der Waals surface area contributed by atoms with E-state index in [1.165, 1.54) is 51.6 Å². The lowest BCUT2D eigenvalue weighted by Crippen LogP contribution is -2.40. The number of likely N-dealkylation sites (tertiary alicyclic amines) is 1. The molecule has 0 amide bonds. The van der Waals surface area contributed by atoms with Crippen LogP contribution in [0.2, 0.25) is 0 Å². The first-order valence-electron chi connectivity index (χ1n) is 10.2. The quantitative estimate of drug-likeness (QED) is 0.497. The molecule has 1 aromatic rings. The standard InChI is InChI=1S/C19H29NO3.C2H2O4/c1-2-3-5-11-20-12-6-4-7-16(20)10-13-21-17-8-9-18-19(14-17)23-15-22-18;3-1(4)2(5)6/h8-9,14,16H,2-7,10-13,15H2,1H3;(H,3,4)(H,5,6). The zero-order valence-electron chi connectivity index (χ0n) is 17.0. The summed E-state index contributed by atoms with van der Waals surface area (Å²) in [4.78, 5) is 20.9. The first-order valence-corrected chi connectivity index (χ1v) is 10.2. The van der Waals surface area contributed by atoms with Gasteiger partial charge in [0.2, 0.25) is 6.79 Å². The van der Waals surface area contributed by atoms with E-state index in [0.29, 0.717) is 12.8 Å². The van der Waals surface area contributed by atoms with Crippen molar-refractivity contribution in [3.8, 4) is 17.2 Å². The summed E-state index contributed by atoms with van der Waals surface area (Å²) >= 11 is 0. The van der Waals surface area contributed by atoms with E-state index < -0.39 is 11.9 Å². The Labute approximate surface area is 171 Å². The van der Waals surface area contributed by atoms with Crippen LogP contribution in [0.25, 0.3) is 0 Å². The van der Waals surface area contributed by atoms with E-state index in [-0.39, 0.29) is 0 Å². The fraction of sp³-hybridized carbons (Fsp3) is 0.619. The number of unbranched alkanes of at least 4 members (excludes halogenated alkanes) is 2. The molecule has 2 N–H and O–H groups in total. The minimum Gasteiger partial charge on any atom is -0.493 e. The first kappa shape index (κ1) is 22.8. The van der Waals surface area contributed by atoms with Crippen LogP contribution in [0.3, 0.4) is 0 Å². The molecule has 0 saturated carbocycles. The van der Waals surface area contributed by atoms with Crippen LogP contribution in [0.15, 0.2) is 18.2 Å². The predicted molar refractivity (Wildman–Crippen MR) is 107 cm³/mol. The third-order valence-electron chi connectivity index (χ3n) is 5.04. The fourth-order valence-electron chi connectivity index (χ4n) is 3.53. The van der Waals surface area contributed by atoms with Crippen LogP contribution < -0.4 is 14.2 Å². The molecule has 0 aliphatic carbocycles. The van der Waals surface area contributed by atoms with Crippen LogP contribution in [-0.2, 0) is 9.59 Å². The number of aliphatic carboxylic acids is 2. The van der Waals surface area contributed by atoms with Gasteiger partial charge < -0.3 is 29.3 Å². The minimum atomic E-state index is -1.82. The summed E-state index contributed by atoms with van der Waals surface area (Å²) in [6, 6.07) is 6.51. The van der Waals surface area contributed by atoms with Crippen LogP contribution in [0.5, 0.6) is 17.2 Å². The fourth-order valence-corrected chi connectivity index (χ4v) is 3.53. The van der Waals surface area contributed by atoms with Crippen molar-refractivity contribution in [2.24, 2.45) is 0 Å². The van der Waals surface area contributed by atoms with Crippen molar-refractivity contribution < 1.29 is 34.0 Å². The number of benzene rings is 1. The molecule has 8 nitrogen and oxygen atoms in total. The zero-order chi connectivity index (χ0) is 21.1. The Morgan fingerprint density at radius 3 is 2.62 bits per heavy atom. The highest BCUT2D eigenvalue weighted by Gasteiger charge is 2.22. The van der Waals surface area contributed by atoms with Gasteiger partial charge in [0.15, 0.2) is 11.5 Å². The van der Waals surface area contributed by atoms with Crippen molar-refractivity contribution in [3.05, 3.63) is 18.2 Å². The van der Waals surface area contributed by atoms with Gasteiger partial charge in [-0.3, -0.25) is 0 Å². The van der Waals surface area contributed by atoms with Gasteiger partial charge in [-0.1, -0.05) is 26.2 Å². The maximum atomic E-state index is 9.10. The van der Waals surface area contributed by atoms with Gasteiger partial charge >= 0.3 is 11.9 Å².